The lowest BCUT2D eigenvalue weighted by Crippen LogP contribution is -2.25. The van der Waals surface area contributed by atoms with Crippen LogP contribution >= 0.6 is 0 Å². The molecule has 7 nitrogen and oxygen atoms in total. The summed E-state index contributed by atoms with van der Waals surface area (Å²) in [5, 5.41) is 2.86. The number of carbonyl (C=O) groups excluding carboxylic acids is 2. The van der Waals surface area contributed by atoms with E-state index < -0.39 is 0 Å². The summed E-state index contributed by atoms with van der Waals surface area (Å²) < 4.78 is 15.3. The van der Waals surface area contributed by atoms with Gasteiger partial charge in [-0.3, -0.25) is 9.69 Å². The predicted octanol–water partition coefficient (Wildman–Crippen LogP) is 2.59. The summed E-state index contributed by atoms with van der Waals surface area (Å²) in [6.07, 6.45) is -0.350. The van der Waals surface area contributed by atoms with Gasteiger partial charge in [-0.15, -0.1) is 0 Å². The summed E-state index contributed by atoms with van der Waals surface area (Å²) in [7, 11) is 3.06. The highest BCUT2D eigenvalue weighted by molar-refractivity contribution is 5.95. The average Bonchev–Trinajstić information content (AvgIpc) is 3.11. The first-order chi connectivity index (χ1) is 12.6. The van der Waals surface area contributed by atoms with Crippen LogP contribution < -0.4 is 19.7 Å². The van der Waals surface area contributed by atoms with E-state index in [0.29, 0.717) is 36.8 Å². The molecule has 3 rings (SSSR count). The van der Waals surface area contributed by atoms with Crippen LogP contribution in [0, 0.1) is 0 Å². The molecule has 1 aliphatic heterocycles. The van der Waals surface area contributed by atoms with Gasteiger partial charge in [-0.25, -0.2) is 4.79 Å². The topological polar surface area (TPSA) is 77.1 Å². The van der Waals surface area contributed by atoms with Gasteiger partial charge in [-0.1, -0.05) is 12.1 Å². The Morgan fingerprint density at radius 2 is 1.96 bits per heavy atom. The van der Waals surface area contributed by atoms with Gasteiger partial charge in [0, 0.05) is 17.8 Å². The number of cyclic esters (lactones) is 1. The number of hydrogen-bond acceptors (Lipinski definition) is 5. The Balaban J connectivity index is 1.67. The van der Waals surface area contributed by atoms with Crippen molar-refractivity contribution >= 4 is 17.7 Å². The summed E-state index contributed by atoms with van der Waals surface area (Å²) >= 11 is 0. The van der Waals surface area contributed by atoms with Crippen molar-refractivity contribution < 1.29 is 23.8 Å². The number of nitrogens with one attached hydrogen (secondary N) is 1. The van der Waals surface area contributed by atoms with E-state index in [0.717, 1.165) is 11.3 Å². The van der Waals surface area contributed by atoms with Crippen LogP contribution in [-0.2, 0) is 11.3 Å². The molecule has 1 fully saturated rings. The third kappa shape index (κ3) is 3.72. The Labute approximate surface area is 151 Å². The molecular weight excluding hydrogens is 336 g/mol. The molecule has 1 aliphatic rings. The highest BCUT2D eigenvalue weighted by atomic mass is 16.6. The lowest BCUT2D eigenvalue weighted by atomic mass is 10.1. The molecule has 0 unspecified atom stereocenters. The molecule has 1 N–H and O–H groups in total. The lowest BCUT2D eigenvalue weighted by molar-refractivity contribution is 0.0950. The molecule has 0 radical (unpaired) electrons. The van der Waals surface area contributed by atoms with Crippen molar-refractivity contribution in [2.75, 3.05) is 32.3 Å². The van der Waals surface area contributed by atoms with Gasteiger partial charge in [-0.05, 0) is 35.9 Å². The molecule has 0 atom stereocenters. The highest BCUT2D eigenvalue weighted by Crippen LogP contribution is 2.27. The van der Waals surface area contributed by atoms with Crippen LogP contribution in [0.3, 0.4) is 0 Å². The zero-order valence-electron chi connectivity index (χ0n) is 14.7. The van der Waals surface area contributed by atoms with Gasteiger partial charge in [0.05, 0.1) is 20.8 Å². The number of carbonyl (C=O) groups is 2. The van der Waals surface area contributed by atoms with Crippen LogP contribution in [0.4, 0.5) is 10.5 Å². The number of methoxy groups -OCH3 is 2. The normalized spacial score (nSPS) is 13.3. The molecule has 0 bridgehead atoms. The molecule has 2 aromatic carbocycles. The fraction of sp³-hybridized carbons (Fsp3) is 0.263. The predicted molar refractivity (Wildman–Crippen MR) is 95.9 cm³/mol. The number of anilines is 1. The van der Waals surface area contributed by atoms with E-state index in [4.69, 9.17) is 14.2 Å². The highest BCUT2D eigenvalue weighted by Gasteiger charge is 2.23. The molecule has 2 aromatic rings. The van der Waals surface area contributed by atoms with Crippen molar-refractivity contribution in [3.63, 3.8) is 0 Å². The Bertz CT molecular complexity index is 821. The molecule has 1 saturated heterocycles. The smallest absolute Gasteiger partial charge is 0.414 e. The number of benzene rings is 2. The van der Waals surface area contributed by atoms with Crippen LogP contribution in [0.2, 0.25) is 0 Å². The van der Waals surface area contributed by atoms with Crippen LogP contribution in [0.1, 0.15) is 15.9 Å². The maximum Gasteiger partial charge on any atom is 0.414 e. The van der Waals surface area contributed by atoms with Crippen molar-refractivity contribution in [1.82, 2.24) is 5.32 Å². The van der Waals surface area contributed by atoms with Crippen LogP contribution in [-0.4, -0.2) is 39.4 Å². The first-order valence-electron chi connectivity index (χ1n) is 8.16. The van der Waals surface area contributed by atoms with Gasteiger partial charge in [0.1, 0.15) is 6.61 Å². The summed E-state index contributed by atoms with van der Waals surface area (Å²) in [6, 6.07) is 12.4. The first kappa shape index (κ1) is 17.6. The zero-order chi connectivity index (χ0) is 18.5. The monoisotopic (exact) mass is 356 g/mol. The van der Waals surface area contributed by atoms with Crippen molar-refractivity contribution in [3.8, 4) is 11.5 Å². The largest absolute Gasteiger partial charge is 0.493 e. The van der Waals surface area contributed by atoms with E-state index >= 15 is 0 Å². The van der Waals surface area contributed by atoms with Gasteiger partial charge < -0.3 is 19.5 Å². The Hall–Kier alpha value is -3.22. The van der Waals surface area contributed by atoms with E-state index in [1.54, 1.807) is 30.2 Å². The quantitative estimate of drug-likeness (QED) is 0.861. The molecule has 26 heavy (non-hydrogen) atoms. The maximum atomic E-state index is 12.4. The second kappa shape index (κ2) is 7.77. The number of hydrogen-bond donors (Lipinski definition) is 1. The van der Waals surface area contributed by atoms with Crippen molar-refractivity contribution in [3.05, 3.63) is 53.6 Å². The van der Waals surface area contributed by atoms with Crippen LogP contribution in [0.25, 0.3) is 0 Å². The van der Waals surface area contributed by atoms with Crippen molar-refractivity contribution in [2.24, 2.45) is 0 Å². The van der Waals surface area contributed by atoms with Gasteiger partial charge in [0.25, 0.3) is 5.91 Å². The number of ether oxygens (including phenoxy) is 3. The van der Waals surface area contributed by atoms with Gasteiger partial charge in [0.15, 0.2) is 11.5 Å². The van der Waals surface area contributed by atoms with Crippen LogP contribution in [0.5, 0.6) is 11.5 Å². The van der Waals surface area contributed by atoms with E-state index in [1.807, 2.05) is 24.3 Å². The number of rotatable bonds is 6. The minimum absolute atomic E-state index is 0.225. The van der Waals surface area contributed by atoms with Gasteiger partial charge >= 0.3 is 6.09 Å². The molecule has 0 aliphatic carbocycles. The van der Waals surface area contributed by atoms with Crippen LogP contribution in [0.15, 0.2) is 42.5 Å². The molecule has 0 saturated carbocycles. The molecule has 2 amide bonds. The average molecular weight is 356 g/mol. The fourth-order valence-corrected chi connectivity index (χ4v) is 2.72. The summed E-state index contributed by atoms with van der Waals surface area (Å²) in [4.78, 5) is 25.6. The summed E-state index contributed by atoms with van der Waals surface area (Å²) in [5.74, 6) is 0.834. The third-order valence-electron chi connectivity index (χ3n) is 4.08. The molecule has 7 heteroatoms. The molecule has 0 aromatic heterocycles. The van der Waals surface area contributed by atoms with Gasteiger partial charge in [0.2, 0.25) is 0 Å². The molecule has 1 heterocycles. The number of nitrogens with zero attached hydrogens (tertiary/aromatic N) is 1. The van der Waals surface area contributed by atoms with E-state index in [2.05, 4.69) is 5.32 Å². The minimum Gasteiger partial charge on any atom is -0.493 e. The van der Waals surface area contributed by atoms with E-state index in [1.165, 1.54) is 7.11 Å². The first-order valence-corrected chi connectivity index (χ1v) is 8.16. The third-order valence-corrected chi connectivity index (χ3v) is 4.08. The van der Waals surface area contributed by atoms with E-state index in [9.17, 15) is 9.59 Å². The zero-order valence-corrected chi connectivity index (χ0v) is 14.7. The Morgan fingerprint density at radius 3 is 2.65 bits per heavy atom. The second-order valence-electron chi connectivity index (χ2n) is 5.69. The van der Waals surface area contributed by atoms with Crippen molar-refractivity contribution in [1.29, 1.82) is 0 Å². The fourth-order valence-electron chi connectivity index (χ4n) is 2.72. The van der Waals surface area contributed by atoms with Crippen molar-refractivity contribution in [2.45, 2.75) is 6.54 Å². The standard InChI is InChI=1S/C19H20N2O5/c1-24-16-7-6-14(11-17(16)25-2)18(22)20-12-13-4-3-5-15(10-13)21-8-9-26-19(21)23/h3-7,10-11H,8-9,12H2,1-2H3,(H,20,22). The SMILES string of the molecule is COc1ccc(C(=O)NCc2cccc(N3CCOC3=O)c2)cc1OC. The maximum absolute atomic E-state index is 12.4. The summed E-state index contributed by atoms with van der Waals surface area (Å²) in [5.41, 5.74) is 2.11. The Morgan fingerprint density at radius 1 is 1.15 bits per heavy atom. The molecule has 136 valence electrons. The van der Waals surface area contributed by atoms with Gasteiger partial charge in [-0.2, -0.15) is 0 Å². The van der Waals surface area contributed by atoms with E-state index in [-0.39, 0.29) is 12.0 Å². The number of amides is 2. The second-order valence-corrected chi connectivity index (χ2v) is 5.69. The molecule has 0 spiro atoms. The Kier molecular flexibility index (Phi) is 5.26. The summed E-state index contributed by atoms with van der Waals surface area (Å²) in [6.45, 7) is 1.25. The lowest BCUT2D eigenvalue weighted by Gasteiger charge is -2.14. The molecular formula is C19H20N2O5. The minimum atomic E-state index is -0.350.